The maximum atomic E-state index is 13.8. The van der Waals surface area contributed by atoms with Crippen molar-refractivity contribution in [2.75, 3.05) is 11.5 Å². The number of aliphatic hydroxyl groups excluding tert-OH is 1. The Labute approximate surface area is 221 Å². The molecule has 1 aliphatic heterocycles. The number of carbonyl (C=O) groups is 3. The van der Waals surface area contributed by atoms with Crippen LogP contribution in [0.25, 0.3) is 11.0 Å². The number of nitrogens with zero attached hydrogens (tertiary/aromatic N) is 1. The summed E-state index contributed by atoms with van der Waals surface area (Å²) in [5, 5.41) is 11.7. The summed E-state index contributed by atoms with van der Waals surface area (Å²) in [6.07, 6.45) is 0. The van der Waals surface area contributed by atoms with Gasteiger partial charge in [0.15, 0.2) is 11.5 Å². The molecule has 0 aliphatic carbocycles. The normalized spacial score (nSPS) is 15.5. The fraction of sp³-hybridized carbons (Fsp3) is 0.138. The van der Waals surface area contributed by atoms with Gasteiger partial charge in [0.05, 0.1) is 23.8 Å². The lowest BCUT2D eigenvalue weighted by Gasteiger charge is -2.27. The first-order chi connectivity index (χ1) is 17.8. The van der Waals surface area contributed by atoms with Crippen LogP contribution in [-0.4, -0.2) is 29.4 Å². The molecule has 0 fully saturated rings. The molecule has 1 unspecified atom stereocenters. The van der Waals surface area contributed by atoms with Crippen molar-refractivity contribution in [1.82, 2.24) is 0 Å². The molecule has 186 valence electrons. The van der Waals surface area contributed by atoms with Crippen molar-refractivity contribution in [2.45, 2.75) is 19.9 Å². The van der Waals surface area contributed by atoms with Crippen LogP contribution in [0.2, 0.25) is 0 Å². The smallest absolute Gasteiger partial charge is 0.338 e. The van der Waals surface area contributed by atoms with Gasteiger partial charge in [-0.2, -0.15) is 0 Å². The zero-order valence-electron chi connectivity index (χ0n) is 20.0. The number of rotatable bonds is 6. The lowest BCUT2D eigenvalue weighted by molar-refractivity contribution is -0.117. The molecule has 1 atom stereocenters. The Morgan fingerprint density at radius 1 is 1.05 bits per heavy atom. The molecule has 4 aromatic rings. The fourth-order valence-corrected chi connectivity index (χ4v) is 4.87. The van der Waals surface area contributed by atoms with Gasteiger partial charge in [0.1, 0.15) is 5.58 Å². The van der Waals surface area contributed by atoms with Crippen LogP contribution in [-0.2, 0) is 9.53 Å². The summed E-state index contributed by atoms with van der Waals surface area (Å²) in [5.41, 5.74) is 2.74. The highest BCUT2D eigenvalue weighted by Crippen LogP contribution is 2.42. The third-order valence-corrected chi connectivity index (χ3v) is 6.66. The molecule has 1 aromatic heterocycles. The molecule has 1 N–H and O–H groups in total. The molecule has 1 aliphatic rings. The van der Waals surface area contributed by atoms with E-state index in [1.165, 1.54) is 4.90 Å². The van der Waals surface area contributed by atoms with Gasteiger partial charge in [0.25, 0.3) is 5.91 Å². The maximum Gasteiger partial charge on any atom is 0.338 e. The first-order valence-electron chi connectivity index (χ1n) is 11.6. The summed E-state index contributed by atoms with van der Waals surface area (Å²) < 4.78 is 11.7. The summed E-state index contributed by atoms with van der Waals surface area (Å²) in [4.78, 5) is 40.6. The number of amides is 1. The van der Waals surface area contributed by atoms with Crippen molar-refractivity contribution < 1.29 is 28.6 Å². The van der Waals surface area contributed by atoms with Gasteiger partial charge < -0.3 is 14.3 Å². The summed E-state index contributed by atoms with van der Waals surface area (Å²) in [6.45, 7) is 3.86. The van der Waals surface area contributed by atoms with Crippen molar-refractivity contribution in [2.24, 2.45) is 0 Å². The summed E-state index contributed by atoms with van der Waals surface area (Å²) in [5.74, 6) is -2.43. The van der Waals surface area contributed by atoms with E-state index in [1.54, 1.807) is 55.5 Å². The van der Waals surface area contributed by atoms with E-state index in [0.29, 0.717) is 27.8 Å². The first-order valence-corrected chi connectivity index (χ1v) is 12.4. The molecule has 1 amide bonds. The lowest BCUT2D eigenvalue weighted by Crippen LogP contribution is -2.31. The second kappa shape index (κ2) is 9.71. The van der Waals surface area contributed by atoms with Crippen molar-refractivity contribution in [3.63, 3.8) is 0 Å². The molecule has 3 aromatic carbocycles. The Kier molecular flexibility index (Phi) is 6.43. The predicted octanol–water partition coefficient (Wildman–Crippen LogP) is 6.46. The molecule has 5 rings (SSSR count). The molecule has 0 saturated carbocycles. The van der Waals surface area contributed by atoms with Gasteiger partial charge in [-0.3, -0.25) is 14.5 Å². The van der Waals surface area contributed by atoms with Crippen LogP contribution in [0.1, 0.15) is 45.0 Å². The van der Waals surface area contributed by atoms with E-state index >= 15 is 0 Å². The van der Waals surface area contributed by atoms with E-state index in [1.807, 2.05) is 31.2 Å². The number of esters is 1. The summed E-state index contributed by atoms with van der Waals surface area (Å²) >= 11 is 3.41. The second-order valence-electron chi connectivity index (χ2n) is 8.64. The average Bonchev–Trinajstić information content (AvgIpc) is 3.42. The molecular formula is C29H22BrNO6. The molecule has 7 nitrogen and oxygen atoms in total. The molecule has 0 saturated heterocycles. The number of aryl methyl sites for hydroxylation is 1. The molecular weight excluding hydrogens is 538 g/mol. The number of ketones is 1. The molecule has 2 heterocycles. The van der Waals surface area contributed by atoms with Gasteiger partial charge in [-0.25, -0.2) is 4.79 Å². The Bertz CT molecular complexity index is 1580. The largest absolute Gasteiger partial charge is 0.503 e. The lowest BCUT2D eigenvalue weighted by atomic mass is 9.93. The van der Waals surface area contributed by atoms with Crippen LogP contribution in [0.15, 0.2) is 93.0 Å². The SMILES string of the molecule is CCOC(=O)c1ccc(N2C(=O)C(O)=C(C(=O)c3cc4cc(Br)ccc4o3)C2c2cccc(C)c2)cc1. The Balaban J connectivity index is 1.60. The predicted molar refractivity (Wildman–Crippen MR) is 142 cm³/mol. The fourth-order valence-electron chi connectivity index (χ4n) is 4.49. The number of furan rings is 1. The topological polar surface area (TPSA) is 97.0 Å². The summed E-state index contributed by atoms with van der Waals surface area (Å²) in [7, 11) is 0. The third kappa shape index (κ3) is 4.44. The van der Waals surface area contributed by atoms with E-state index in [9.17, 15) is 19.5 Å². The number of hydrogen-bond donors (Lipinski definition) is 1. The van der Waals surface area contributed by atoms with Crippen LogP contribution in [0.4, 0.5) is 5.69 Å². The van der Waals surface area contributed by atoms with E-state index in [2.05, 4.69) is 15.9 Å². The average molecular weight is 560 g/mol. The molecule has 37 heavy (non-hydrogen) atoms. The monoisotopic (exact) mass is 559 g/mol. The minimum Gasteiger partial charge on any atom is -0.503 e. The third-order valence-electron chi connectivity index (χ3n) is 6.17. The standard InChI is InChI=1S/C29H22BrNO6/c1-3-36-29(35)17-7-10-21(11-8-17)31-25(18-6-4-5-16(2)13-18)24(27(33)28(31)34)26(32)23-15-19-14-20(30)9-12-22(19)37-23/h4-15,25,33H,3H2,1-2H3. The second-order valence-corrected chi connectivity index (χ2v) is 9.56. The molecule has 0 radical (unpaired) electrons. The highest BCUT2D eigenvalue weighted by Gasteiger charge is 2.45. The van der Waals surface area contributed by atoms with Crippen LogP contribution in [0, 0.1) is 6.92 Å². The Morgan fingerprint density at radius 3 is 2.51 bits per heavy atom. The number of fused-ring (bicyclic) bond motifs is 1. The highest BCUT2D eigenvalue weighted by molar-refractivity contribution is 9.10. The van der Waals surface area contributed by atoms with Gasteiger partial charge in [-0.1, -0.05) is 45.8 Å². The van der Waals surface area contributed by atoms with Gasteiger partial charge in [0, 0.05) is 15.5 Å². The van der Waals surface area contributed by atoms with Crippen LogP contribution >= 0.6 is 15.9 Å². The number of carbonyl (C=O) groups excluding carboxylic acids is 3. The number of ether oxygens (including phenoxy) is 1. The van der Waals surface area contributed by atoms with E-state index in [4.69, 9.17) is 9.15 Å². The highest BCUT2D eigenvalue weighted by atomic mass is 79.9. The van der Waals surface area contributed by atoms with Gasteiger partial charge in [-0.15, -0.1) is 0 Å². The Hall–Kier alpha value is -4.17. The Morgan fingerprint density at radius 2 is 1.81 bits per heavy atom. The first kappa shape index (κ1) is 24.5. The van der Waals surface area contributed by atoms with Crippen molar-refractivity contribution in [3.8, 4) is 0 Å². The minimum absolute atomic E-state index is 0.0135. The zero-order chi connectivity index (χ0) is 26.3. The van der Waals surface area contributed by atoms with Gasteiger partial charge in [-0.05, 0) is 67.9 Å². The van der Waals surface area contributed by atoms with Crippen molar-refractivity contribution >= 4 is 50.2 Å². The molecule has 0 spiro atoms. The van der Waals surface area contributed by atoms with Crippen molar-refractivity contribution in [1.29, 1.82) is 0 Å². The summed E-state index contributed by atoms with van der Waals surface area (Å²) in [6, 6.07) is 19.7. The molecule has 0 bridgehead atoms. The van der Waals surface area contributed by atoms with E-state index in [0.717, 1.165) is 10.0 Å². The number of benzene rings is 3. The van der Waals surface area contributed by atoms with Crippen LogP contribution < -0.4 is 4.90 Å². The quantitative estimate of drug-likeness (QED) is 0.215. The van der Waals surface area contributed by atoms with Crippen LogP contribution in [0.5, 0.6) is 0 Å². The number of Topliss-reactive ketones (excluding diaryl/α,β-unsaturated/α-hetero) is 1. The van der Waals surface area contributed by atoms with E-state index < -0.39 is 29.5 Å². The van der Waals surface area contributed by atoms with Gasteiger partial charge in [0.2, 0.25) is 5.78 Å². The van der Waals surface area contributed by atoms with Crippen LogP contribution in [0.3, 0.4) is 0 Å². The van der Waals surface area contributed by atoms with Gasteiger partial charge >= 0.3 is 5.97 Å². The number of aliphatic hydroxyl groups is 1. The number of hydrogen-bond acceptors (Lipinski definition) is 6. The minimum atomic E-state index is -0.909. The number of halogens is 1. The van der Waals surface area contributed by atoms with Crippen molar-refractivity contribution in [3.05, 3.63) is 111 Å². The number of anilines is 1. The molecule has 8 heteroatoms. The van der Waals surface area contributed by atoms with E-state index in [-0.39, 0.29) is 17.9 Å². The zero-order valence-corrected chi connectivity index (χ0v) is 21.6. The maximum absolute atomic E-state index is 13.8.